The van der Waals surface area contributed by atoms with E-state index in [1.165, 1.54) is 20.1 Å². The van der Waals surface area contributed by atoms with E-state index in [2.05, 4.69) is 10.1 Å². The van der Waals surface area contributed by atoms with Crippen LogP contribution in [-0.2, 0) is 14.3 Å². The maximum absolute atomic E-state index is 10.8. The number of ether oxygens (including phenoxy) is 1. The summed E-state index contributed by atoms with van der Waals surface area (Å²) in [7, 11) is 1.30. The molecule has 0 atom stereocenters. The van der Waals surface area contributed by atoms with Crippen molar-refractivity contribution in [3.8, 4) is 0 Å². The van der Waals surface area contributed by atoms with Gasteiger partial charge in [0.25, 0.3) is 0 Å². The first kappa shape index (κ1) is 11.7. The third-order valence-corrected chi connectivity index (χ3v) is 1.35. The molecule has 0 saturated heterocycles. The number of esters is 1. The molecule has 0 radical (unpaired) electrons. The van der Waals surface area contributed by atoms with Gasteiger partial charge in [-0.3, -0.25) is 4.79 Å². The Balaban J connectivity index is 4.30. The summed E-state index contributed by atoms with van der Waals surface area (Å²) in [5.74, 6) is -0.624. The monoisotopic (exact) mass is 185 g/mol. The van der Waals surface area contributed by atoms with E-state index in [1.54, 1.807) is 0 Å². The molecule has 0 bridgehead atoms. The molecule has 0 fully saturated rings. The van der Waals surface area contributed by atoms with Gasteiger partial charge in [-0.05, 0) is 6.42 Å². The molecule has 4 heteroatoms. The first-order valence-corrected chi connectivity index (χ1v) is 4.16. The number of amides is 1. The van der Waals surface area contributed by atoms with Gasteiger partial charge in [0.1, 0.15) is 0 Å². The van der Waals surface area contributed by atoms with Crippen LogP contribution in [0.1, 0.15) is 26.7 Å². The number of carbonyl (C=O) groups is 2. The van der Waals surface area contributed by atoms with Gasteiger partial charge in [-0.1, -0.05) is 13.3 Å². The summed E-state index contributed by atoms with van der Waals surface area (Å²) in [6.07, 6.45) is 2.82. The Bertz CT molecular complexity index is 221. The Morgan fingerprint density at radius 3 is 2.46 bits per heavy atom. The van der Waals surface area contributed by atoms with Crippen LogP contribution >= 0.6 is 0 Å². The van der Waals surface area contributed by atoms with Gasteiger partial charge in [0, 0.05) is 18.7 Å². The van der Waals surface area contributed by atoms with E-state index in [0.717, 1.165) is 6.42 Å². The molecule has 0 aromatic heterocycles. The van der Waals surface area contributed by atoms with Crippen LogP contribution in [0.15, 0.2) is 11.8 Å². The van der Waals surface area contributed by atoms with Crippen molar-refractivity contribution >= 4 is 11.9 Å². The molecule has 0 spiro atoms. The largest absolute Gasteiger partial charge is 0.466 e. The molecule has 0 rings (SSSR count). The summed E-state index contributed by atoms with van der Waals surface area (Å²) < 4.78 is 4.44. The molecule has 0 saturated carbocycles. The molecule has 0 aliphatic carbocycles. The van der Waals surface area contributed by atoms with Crippen LogP contribution in [0.5, 0.6) is 0 Å². The van der Waals surface area contributed by atoms with E-state index in [-0.39, 0.29) is 5.91 Å². The highest BCUT2D eigenvalue weighted by molar-refractivity contribution is 5.84. The average Bonchev–Trinajstić information content (AvgIpc) is 2.03. The van der Waals surface area contributed by atoms with Crippen LogP contribution in [0.25, 0.3) is 0 Å². The van der Waals surface area contributed by atoms with Crippen molar-refractivity contribution in [1.29, 1.82) is 0 Å². The van der Waals surface area contributed by atoms with Gasteiger partial charge in [-0.25, -0.2) is 4.79 Å². The third-order valence-electron chi connectivity index (χ3n) is 1.35. The maximum Gasteiger partial charge on any atom is 0.332 e. The van der Waals surface area contributed by atoms with Gasteiger partial charge in [0.05, 0.1) is 7.11 Å². The van der Waals surface area contributed by atoms with Gasteiger partial charge < -0.3 is 10.1 Å². The molecule has 0 heterocycles. The zero-order valence-corrected chi connectivity index (χ0v) is 8.22. The number of hydrogen-bond acceptors (Lipinski definition) is 3. The van der Waals surface area contributed by atoms with E-state index in [0.29, 0.717) is 12.1 Å². The quantitative estimate of drug-likeness (QED) is 0.524. The van der Waals surface area contributed by atoms with Crippen LogP contribution in [-0.4, -0.2) is 19.0 Å². The molecule has 0 aromatic carbocycles. The minimum atomic E-state index is -0.447. The lowest BCUT2D eigenvalue weighted by atomic mass is 10.2. The molecular formula is C9H15NO3. The normalized spacial score (nSPS) is 10.8. The highest BCUT2D eigenvalue weighted by Gasteiger charge is 2.02. The molecular weight excluding hydrogens is 170 g/mol. The van der Waals surface area contributed by atoms with Crippen molar-refractivity contribution in [3.05, 3.63) is 11.8 Å². The lowest BCUT2D eigenvalue weighted by Gasteiger charge is -2.05. The number of nitrogens with one attached hydrogen (secondary N) is 1. The second-order valence-electron chi connectivity index (χ2n) is 2.62. The topological polar surface area (TPSA) is 55.4 Å². The van der Waals surface area contributed by atoms with E-state index in [9.17, 15) is 9.59 Å². The highest BCUT2D eigenvalue weighted by atomic mass is 16.5. The molecule has 74 valence electrons. The minimum Gasteiger partial charge on any atom is -0.466 e. The van der Waals surface area contributed by atoms with Crippen molar-refractivity contribution in [2.75, 3.05) is 7.11 Å². The number of hydrogen-bond donors (Lipinski definition) is 1. The maximum atomic E-state index is 10.8. The summed E-state index contributed by atoms with van der Waals surface area (Å²) in [6.45, 7) is 3.37. The summed E-state index contributed by atoms with van der Waals surface area (Å²) in [4.78, 5) is 21.5. The lowest BCUT2D eigenvalue weighted by molar-refractivity contribution is -0.134. The fourth-order valence-corrected chi connectivity index (χ4v) is 0.867. The van der Waals surface area contributed by atoms with Gasteiger partial charge in [0.15, 0.2) is 0 Å². The third kappa shape index (κ3) is 5.90. The zero-order chi connectivity index (χ0) is 10.3. The standard InChI is InChI=1S/C9H15NO3/c1-4-5-8(10-7(2)11)6-9(12)13-3/h6H,4-5H2,1-3H3,(H,10,11)/b8-6+. The van der Waals surface area contributed by atoms with Crippen molar-refractivity contribution in [1.82, 2.24) is 5.32 Å². The first-order valence-electron chi connectivity index (χ1n) is 4.16. The molecule has 0 aliphatic heterocycles. The Morgan fingerprint density at radius 1 is 1.46 bits per heavy atom. The molecule has 0 aromatic rings. The summed E-state index contributed by atoms with van der Waals surface area (Å²) in [5, 5.41) is 2.57. The average molecular weight is 185 g/mol. The van der Waals surface area contributed by atoms with Crippen molar-refractivity contribution < 1.29 is 14.3 Å². The first-order chi connectivity index (χ1) is 6.10. The number of rotatable bonds is 4. The van der Waals surface area contributed by atoms with E-state index < -0.39 is 5.97 Å². The van der Waals surface area contributed by atoms with E-state index in [1.807, 2.05) is 6.92 Å². The van der Waals surface area contributed by atoms with Crippen LogP contribution in [0.4, 0.5) is 0 Å². The second kappa shape index (κ2) is 6.22. The smallest absolute Gasteiger partial charge is 0.332 e. The zero-order valence-electron chi connectivity index (χ0n) is 8.22. The summed E-state index contributed by atoms with van der Waals surface area (Å²) in [6, 6.07) is 0. The Hall–Kier alpha value is -1.32. The number of methoxy groups -OCH3 is 1. The second-order valence-corrected chi connectivity index (χ2v) is 2.62. The molecule has 0 unspecified atom stereocenters. The van der Waals surface area contributed by atoms with Gasteiger partial charge in [-0.15, -0.1) is 0 Å². The summed E-state index contributed by atoms with van der Waals surface area (Å²) >= 11 is 0. The predicted octanol–water partition coefficient (Wildman–Crippen LogP) is 0.980. The van der Waals surface area contributed by atoms with Gasteiger partial charge in [-0.2, -0.15) is 0 Å². The molecule has 1 N–H and O–H groups in total. The Kier molecular flexibility index (Phi) is 5.59. The number of allylic oxidation sites excluding steroid dienone is 1. The Morgan fingerprint density at radius 2 is 2.08 bits per heavy atom. The van der Waals surface area contributed by atoms with Crippen LogP contribution in [0.2, 0.25) is 0 Å². The van der Waals surface area contributed by atoms with Gasteiger partial charge in [0.2, 0.25) is 5.91 Å². The van der Waals surface area contributed by atoms with Crippen LogP contribution < -0.4 is 5.32 Å². The van der Waals surface area contributed by atoms with Crippen molar-refractivity contribution in [2.24, 2.45) is 0 Å². The van der Waals surface area contributed by atoms with Crippen LogP contribution in [0.3, 0.4) is 0 Å². The molecule has 1 amide bonds. The van der Waals surface area contributed by atoms with E-state index in [4.69, 9.17) is 0 Å². The van der Waals surface area contributed by atoms with Crippen molar-refractivity contribution in [2.45, 2.75) is 26.7 Å². The molecule has 0 aliphatic rings. The molecule has 13 heavy (non-hydrogen) atoms. The van der Waals surface area contributed by atoms with E-state index >= 15 is 0 Å². The summed E-state index contributed by atoms with van der Waals surface area (Å²) in [5.41, 5.74) is 0.599. The Labute approximate surface area is 78.0 Å². The fourth-order valence-electron chi connectivity index (χ4n) is 0.867. The van der Waals surface area contributed by atoms with Crippen molar-refractivity contribution in [3.63, 3.8) is 0 Å². The van der Waals surface area contributed by atoms with Crippen LogP contribution in [0, 0.1) is 0 Å². The fraction of sp³-hybridized carbons (Fsp3) is 0.556. The number of carbonyl (C=O) groups excluding carboxylic acids is 2. The lowest BCUT2D eigenvalue weighted by Crippen LogP contribution is -2.20. The van der Waals surface area contributed by atoms with Gasteiger partial charge >= 0.3 is 5.97 Å². The SMILES string of the molecule is CCC/C(=C\C(=O)OC)NC(C)=O. The predicted molar refractivity (Wildman–Crippen MR) is 48.8 cm³/mol. The molecule has 4 nitrogen and oxygen atoms in total. The highest BCUT2D eigenvalue weighted by Crippen LogP contribution is 2.00. The minimum absolute atomic E-state index is 0.177.